The Labute approximate surface area is 144 Å². The Morgan fingerprint density at radius 3 is 2.17 bits per heavy atom. The number of piperidine rings is 1. The van der Waals surface area contributed by atoms with Crippen LogP contribution >= 0.6 is 11.6 Å². The Balaban J connectivity index is 1.89. The van der Waals surface area contributed by atoms with E-state index in [0.717, 1.165) is 29.9 Å². The van der Waals surface area contributed by atoms with Gasteiger partial charge in [-0.3, -0.25) is 0 Å². The lowest BCUT2D eigenvalue weighted by Crippen LogP contribution is -2.41. The summed E-state index contributed by atoms with van der Waals surface area (Å²) < 4.78 is 12.2. The molecule has 2 aliphatic rings. The predicted octanol–water partition coefficient (Wildman–Crippen LogP) is 3.21. The van der Waals surface area contributed by atoms with Crippen LogP contribution in [0.15, 0.2) is 12.1 Å². The summed E-state index contributed by atoms with van der Waals surface area (Å²) in [7, 11) is -0.481. The van der Waals surface area contributed by atoms with Crippen LogP contribution < -0.4 is 16.1 Å². The molecule has 0 spiro atoms. The maximum absolute atomic E-state index is 6.54. The van der Waals surface area contributed by atoms with Crippen molar-refractivity contribution in [2.24, 2.45) is 0 Å². The third-order valence-corrected chi connectivity index (χ3v) is 5.68. The monoisotopic (exact) mass is 336 g/mol. The number of nitrogens with two attached hydrogens (primary N) is 1. The van der Waals surface area contributed by atoms with Crippen molar-refractivity contribution in [2.45, 2.75) is 58.2 Å². The first-order chi connectivity index (χ1) is 10.7. The SMILES string of the molecule is CC1(C)OB(c2cc(N)c(N3CCCCC3)cc2Cl)OC1(C)C. The van der Waals surface area contributed by atoms with Gasteiger partial charge in [0.1, 0.15) is 0 Å². The van der Waals surface area contributed by atoms with E-state index in [9.17, 15) is 0 Å². The molecule has 23 heavy (non-hydrogen) atoms. The topological polar surface area (TPSA) is 47.7 Å². The molecule has 0 aromatic heterocycles. The molecule has 0 aliphatic carbocycles. The van der Waals surface area contributed by atoms with Gasteiger partial charge in [-0.25, -0.2) is 0 Å². The van der Waals surface area contributed by atoms with Gasteiger partial charge in [-0.15, -0.1) is 0 Å². The van der Waals surface area contributed by atoms with E-state index in [-0.39, 0.29) is 11.2 Å². The van der Waals surface area contributed by atoms with Crippen molar-refractivity contribution < 1.29 is 9.31 Å². The van der Waals surface area contributed by atoms with Crippen molar-refractivity contribution >= 4 is 35.6 Å². The second-order valence-electron chi connectivity index (χ2n) is 7.57. The van der Waals surface area contributed by atoms with E-state index >= 15 is 0 Å². The number of rotatable bonds is 2. The summed E-state index contributed by atoms with van der Waals surface area (Å²) in [5.74, 6) is 0. The highest BCUT2D eigenvalue weighted by atomic mass is 35.5. The number of hydrogen-bond acceptors (Lipinski definition) is 4. The Morgan fingerprint density at radius 2 is 1.61 bits per heavy atom. The number of nitrogens with zero attached hydrogens (tertiary/aromatic N) is 1. The molecule has 2 heterocycles. The van der Waals surface area contributed by atoms with Crippen LogP contribution in [0.5, 0.6) is 0 Å². The number of anilines is 2. The quantitative estimate of drug-likeness (QED) is 0.665. The molecule has 1 aromatic carbocycles. The van der Waals surface area contributed by atoms with Crippen LogP contribution in [0.4, 0.5) is 11.4 Å². The van der Waals surface area contributed by atoms with E-state index in [0.29, 0.717) is 5.02 Å². The van der Waals surface area contributed by atoms with Crippen LogP contribution in [0.1, 0.15) is 47.0 Å². The predicted molar refractivity (Wildman–Crippen MR) is 97.6 cm³/mol. The first-order valence-corrected chi connectivity index (χ1v) is 8.78. The molecule has 2 N–H and O–H groups in total. The van der Waals surface area contributed by atoms with Crippen molar-refractivity contribution in [2.75, 3.05) is 23.7 Å². The molecule has 2 aliphatic heterocycles. The van der Waals surface area contributed by atoms with Crippen LogP contribution in [0.25, 0.3) is 0 Å². The molecule has 2 saturated heterocycles. The molecule has 0 radical (unpaired) electrons. The summed E-state index contributed by atoms with van der Waals surface area (Å²) >= 11 is 6.54. The summed E-state index contributed by atoms with van der Waals surface area (Å²) in [5.41, 5.74) is 8.11. The summed E-state index contributed by atoms with van der Waals surface area (Å²) in [4.78, 5) is 2.32. The largest absolute Gasteiger partial charge is 0.496 e. The highest BCUT2D eigenvalue weighted by Gasteiger charge is 2.52. The lowest BCUT2D eigenvalue weighted by molar-refractivity contribution is 0.00578. The summed E-state index contributed by atoms with van der Waals surface area (Å²) in [6.07, 6.45) is 3.70. The minimum atomic E-state index is -0.481. The second-order valence-corrected chi connectivity index (χ2v) is 7.98. The molecular weight excluding hydrogens is 310 g/mol. The van der Waals surface area contributed by atoms with Gasteiger partial charge >= 0.3 is 7.12 Å². The fraction of sp³-hybridized carbons (Fsp3) is 0.647. The van der Waals surface area contributed by atoms with Crippen LogP contribution in [-0.2, 0) is 9.31 Å². The van der Waals surface area contributed by atoms with Gasteiger partial charge in [0, 0.05) is 23.6 Å². The molecule has 0 atom stereocenters. The van der Waals surface area contributed by atoms with Gasteiger partial charge in [-0.1, -0.05) is 11.6 Å². The first kappa shape index (κ1) is 16.9. The van der Waals surface area contributed by atoms with Gasteiger partial charge < -0.3 is 19.9 Å². The van der Waals surface area contributed by atoms with Gasteiger partial charge in [0.2, 0.25) is 0 Å². The third-order valence-electron chi connectivity index (χ3n) is 5.35. The molecule has 6 heteroatoms. The highest BCUT2D eigenvalue weighted by molar-refractivity contribution is 6.66. The minimum Gasteiger partial charge on any atom is -0.399 e. The van der Waals surface area contributed by atoms with Gasteiger partial charge in [0.05, 0.1) is 22.6 Å². The van der Waals surface area contributed by atoms with E-state index in [4.69, 9.17) is 26.6 Å². The zero-order chi connectivity index (χ0) is 16.8. The fourth-order valence-corrected chi connectivity index (χ4v) is 3.40. The zero-order valence-corrected chi connectivity index (χ0v) is 15.2. The van der Waals surface area contributed by atoms with Gasteiger partial charge in [0.25, 0.3) is 0 Å². The standard InChI is InChI=1S/C17H26BClN2O2/c1-16(2)17(3,4)23-18(22-16)12-10-14(20)15(11-13(12)19)21-8-6-5-7-9-21/h10-11H,5-9,20H2,1-4H3. The molecular formula is C17H26BClN2O2. The lowest BCUT2D eigenvalue weighted by Gasteiger charge is -2.32. The van der Waals surface area contributed by atoms with Gasteiger partial charge in [0.15, 0.2) is 0 Å². The Bertz CT molecular complexity index is 585. The molecule has 4 nitrogen and oxygen atoms in total. The minimum absolute atomic E-state index is 0.388. The first-order valence-electron chi connectivity index (χ1n) is 8.41. The normalized spacial score (nSPS) is 23.3. The Hall–Kier alpha value is -0.905. The summed E-state index contributed by atoms with van der Waals surface area (Å²) in [6, 6.07) is 3.87. The zero-order valence-electron chi connectivity index (χ0n) is 14.5. The molecule has 2 fully saturated rings. The van der Waals surface area contributed by atoms with E-state index < -0.39 is 7.12 Å². The van der Waals surface area contributed by atoms with Crippen molar-refractivity contribution in [1.82, 2.24) is 0 Å². The fourth-order valence-electron chi connectivity index (χ4n) is 3.16. The molecule has 126 valence electrons. The highest BCUT2D eigenvalue weighted by Crippen LogP contribution is 2.38. The van der Waals surface area contributed by atoms with Crippen LogP contribution in [0, 0.1) is 0 Å². The summed E-state index contributed by atoms with van der Waals surface area (Å²) in [6.45, 7) is 10.2. The average Bonchev–Trinajstić information content (AvgIpc) is 2.70. The molecule has 0 bridgehead atoms. The van der Waals surface area contributed by atoms with E-state index in [2.05, 4.69) is 4.90 Å². The van der Waals surface area contributed by atoms with Crippen molar-refractivity contribution in [3.8, 4) is 0 Å². The Kier molecular flexibility index (Phi) is 4.32. The number of hydrogen-bond donors (Lipinski definition) is 1. The maximum atomic E-state index is 6.54. The van der Waals surface area contributed by atoms with E-state index in [1.165, 1.54) is 19.3 Å². The maximum Gasteiger partial charge on any atom is 0.496 e. The number of benzene rings is 1. The van der Waals surface area contributed by atoms with Crippen molar-refractivity contribution in [3.63, 3.8) is 0 Å². The van der Waals surface area contributed by atoms with Gasteiger partial charge in [-0.05, 0) is 59.1 Å². The third kappa shape index (κ3) is 3.06. The van der Waals surface area contributed by atoms with Crippen LogP contribution in [-0.4, -0.2) is 31.4 Å². The average molecular weight is 337 g/mol. The number of nitrogen functional groups attached to an aromatic ring is 1. The molecule has 1 aromatic rings. The van der Waals surface area contributed by atoms with Crippen molar-refractivity contribution in [1.29, 1.82) is 0 Å². The lowest BCUT2D eigenvalue weighted by atomic mass is 9.78. The second kappa shape index (κ2) is 5.87. The Morgan fingerprint density at radius 1 is 1.04 bits per heavy atom. The van der Waals surface area contributed by atoms with E-state index in [1.807, 2.05) is 39.8 Å². The number of halogens is 1. The van der Waals surface area contributed by atoms with Gasteiger partial charge in [-0.2, -0.15) is 0 Å². The molecule has 3 rings (SSSR count). The van der Waals surface area contributed by atoms with Crippen molar-refractivity contribution in [3.05, 3.63) is 17.2 Å². The van der Waals surface area contributed by atoms with Crippen LogP contribution in [0.3, 0.4) is 0 Å². The van der Waals surface area contributed by atoms with Crippen LogP contribution in [0.2, 0.25) is 5.02 Å². The smallest absolute Gasteiger partial charge is 0.399 e. The molecule has 0 amide bonds. The molecule has 0 unspecified atom stereocenters. The molecule has 0 saturated carbocycles. The summed E-state index contributed by atoms with van der Waals surface area (Å²) in [5, 5.41) is 0.651. The van der Waals surface area contributed by atoms with E-state index in [1.54, 1.807) is 0 Å².